The molecule has 5 heteroatoms. The molecule has 0 bridgehead atoms. The molecule has 1 aliphatic heterocycles. The number of benzene rings is 1. The lowest BCUT2D eigenvalue weighted by molar-refractivity contribution is -0.118. The van der Waals surface area contributed by atoms with E-state index in [1.807, 2.05) is 18.2 Å². The van der Waals surface area contributed by atoms with Crippen molar-refractivity contribution in [1.29, 1.82) is 0 Å². The first kappa shape index (κ1) is 14.0. The van der Waals surface area contributed by atoms with Gasteiger partial charge in [0.25, 0.3) is 0 Å². The van der Waals surface area contributed by atoms with E-state index in [1.54, 1.807) is 0 Å². The smallest absolute Gasteiger partial charge is 0.250 e. The van der Waals surface area contributed by atoms with Crippen molar-refractivity contribution < 1.29 is 9.90 Å². The summed E-state index contributed by atoms with van der Waals surface area (Å²) < 4.78 is 0. The van der Waals surface area contributed by atoms with Gasteiger partial charge in [0.2, 0.25) is 5.91 Å². The van der Waals surface area contributed by atoms with Crippen molar-refractivity contribution in [3.63, 3.8) is 0 Å². The minimum absolute atomic E-state index is 0.378. The number of nitrogens with one attached hydrogen (secondary N) is 1. The Labute approximate surface area is 113 Å². The van der Waals surface area contributed by atoms with E-state index in [4.69, 9.17) is 5.11 Å². The van der Waals surface area contributed by atoms with E-state index < -0.39 is 6.61 Å². The maximum Gasteiger partial charge on any atom is 0.250 e. The molecule has 1 amide bonds. The van der Waals surface area contributed by atoms with Gasteiger partial charge in [0.15, 0.2) is 0 Å². The van der Waals surface area contributed by atoms with E-state index >= 15 is 0 Å². The average molecular weight is 263 g/mol. The highest BCUT2D eigenvalue weighted by Gasteiger charge is 2.13. The highest BCUT2D eigenvalue weighted by atomic mass is 16.3. The molecule has 19 heavy (non-hydrogen) atoms. The number of hydrogen-bond donors (Lipinski definition) is 2. The van der Waals surface area contributed by atoms with Crippen LogP contribution in [0.4, 0.5) is 5.69 Å². The van der Waals surface area contributed by atoms with Crippen molar-refractivity contribution in [3.8, 4) is 0 Å². The van der Waals surface area contributed by atoms with Gasteiger partial charge in [0, 0.05) is 38.4 Å². The first-order valence-electron chi connectivity index (χ1n) is 6.58. The number of anilines is 1. The van der Waals surface area contributed by atoms with Crippen molar-refractivity contribution >= 4 is 11.6 Å². The van der Waals surface area contributed by atoms with Crippen LogP contribution in [-0.4, -0.2) is 60.6 Å². The van der Waals surface area contributed by atoms with Gasteiger partial charge < -0.3 is 15.3 Å². The molecule has 2 N–H and O–H groups in total. The standard InChI is InChI=1S/C14H21N3O2/c1-16-5-7-17(8-6-16)10-12-3-2-4-13(9-12)15-14(19)11-18/h2-4,9,18H,5-8,10-11H2,1H3,(H,15,19). The Hall–Kier alpha value is -1.43. The molecule has 1 fully saturated rings. The molecule has 0 atom stereocenters. The maximum absolute atomic E-state index is 11.1. The first-order chi connectivity index (χ1) is 9.17. The number of carbonyl (C=O) groups is 1. The number of carbonyl (C=O) groups excluding carboxylic acids is 1. The maximum atomic E-state index is 11.1. The third kappa shape index (κ3) is 4.31. The van der Waals surface area contributed by atoms with Crippen LogP contribution >= 0.6 is 0 Å². The van der Waals surface area contributed by atoms with Gasteiger partial charge in [0.05, 0.1) is 0 Å². The van der Waals surface area contributed by atoms with Gasteiger partial charge >= 0.3 is 0 Å². The zero-order valence-electron chi connectivity index (χ0n) is 11.3. The van der Waals surface area contributed by atoms with Crippen molar-refractivity contribution in [3.05, 3.63) is 29.8 Å². The monoisotopic (exact) mass is 263 g/mol. The molecule has 104 valence electrons. The third-order valence-corrected chi connectivity index (χ3v) is 3.36. The Bertz CT molecular complexity index is 428. The number of rotatable bonds is 4. The van der Waals surface area contributed by atoms with E-state index in [9.17, 15) is 4.79 Å². The normalized spacial score (nSPS) is 17.4. The minimum atomic E-state index is -0.483. The molecule has 1 aromatic carbocycles. The first-order valence-corrected chi connectivity index (χ1v) is 6.58. The van der Waals surface area contributed by atoms with Crippen molar-refractivity contribution in [2.45, 2.75) is 6.54 Å². The molecule has 1 saturated heterocycles. The van der Waals surface area contributed by atoms with Crippen LogP contribution in [0.1, 0.15) is 5.56 Å². The molecule has 0 aromatic heterocycles. The lowest BCUT2D eigenvalue weighted by Gasteiger charge is -2.32. The van der Waals surface area contributed by atoms with Crippen LogP contribution in [0.3, 0.4) is 0 Å². The van der Waals surface area contributed by atoms with Crippen LogP contribution in [-0.2, 0) is 11.3 Å². The van der Waals surface area contributed by atoms with Gasteiger partial charge in [0.1, 0.15) is 6.61 Å². The van der Waals surface area contributed by atoms with E-state index in [0.29, 0.717) is 0 Å². The molecule has 0 saturated carbocycles. The van der Waals surface area contributed by atoms with Crippen LogP contribution in [0.5, 0.6) is 0 Å². The molecule has 0 aliphatic carbocycles. The van der Waals surface area contributed by atoms with E-state index in [0.717, 1.165) is 38.4 Å². The molecule has 2 rings (SSSR count). The summed E-state index contributed by atoms with van der Waals surface area (Å²) in [5.41, 5.74) is 1.92. The van der Waals surface area contributed by atoms with Crippen LogP contribution in [0.2, 0.25) is 0 Å². The fourth-order valence-corrected chi connectivity index (χ4v) is 2.21. The second kappa shape index (κ2) is 6.65. The minimum Gasteiger partial charge on any atom is -0.387 e. The van der Waals surface area contributed by atoms with E-state index in [2.05, 4.69) is 28.2 Å². The average Bonchev–Trinajstić information content (AvgIpc) is 2.42. The molecule has 1 aromatic rings. The fourth-order valence-electron chi connectivity index (χ4n) is 2.21. The molecule has 0 spiro atoms. The van der Waals surface area contributed by atoms with E-state index in [1.165, 1.54) is 5.56 Å². The summed E-state index contributed by atoms with van der Waals surface area (Å²) in [6.07, 6.45) is 0. The Kier molecular flexibility index (Phi) is 4.90. The molecule has 0 unspecified atom stereocenters. The summed E-state index contributed by atoms with van der Waals surface area (Å²) in [6.45, 7) is 4.76. The van der Waals surface area contributed by atoms with Crippen LogP contribution < -0.4 is 5.32 Å². The largest absolute Gasteiger partial charge is 0.387 e. The van der Waals surface area contributed by atoms with Crippen LogP contribution in [0, 0.1) is 0 Å². The number of nitrogens with zero attached hydrogens (tertiary/aromatic N) is 2. The number of hydrogen-bond acceptors (Lipinski definition) is 4. The zero-order chi connectivity index (χ0) is 13.7. The van der Waals surface area contributed by atoms with Crippen molar-refractivity contribution in [2.75, 3.05) is 45.2 Å². The number of likely N-dealkylation sites (N-methyl/N-ethyl adjacent to an activating group) is 1. The second-order valence-electron chi connectivity index (χ2n) is 4.99. The summed E-state index contributed by atoms with van der Waals surface area (Å²) >= 11 is 0. The number of piperazine rings is 1. The molecule has 1 aliphatic rings. The van der Waals surface area contributed by atoms with E-state index in [-0.39, 0.29) is 5.91 Å². The zero-order valence-corrected chi connectivity index (χ0v) is 11.3. The molecular weight excluding hydrogens is 242 g/mol. The van der Waals surface area contributed by atoms with Crippen molar-refractivity contribution in [2.24, 2.45) is 0 Å². The highest BCUT2D eigenvalue weighted by Crippen LogP contribution is 2.13. The topological polar surface area (TPSA) is 55.8 Å². The Morgan fingerprint density at radius 1 is 1.32 bits per heavy atom. The number of aliphatic hydroxyl groups excluding tert-OH is 1. The van der Waals surface area contributed by atoms with Gasteiger partial charge in [-0.25, -0.2) is 0 Å². The SMILES string of the molecule is CN1CCN(Cc2cccc(NC(=O)CO)c2)CC1. The predicted octanol–water partition coefficient (Wildman–Crippen LogP) is 0.365. The van der Waals surface area contributed by atoms with Crippen molar-refractivity contribution in [1.82, 2.24) is 9.80 Å². The van der Waals surface area contributed by atoms with Gasteiger partial charge in [-0.3, -0.25) is 9.69 Å². The molecule has 1 heterocycles. The fraction of sp³-hybridized carbons (Fsp3) is 0.500. The van der Waals surface area contributed by atoms with Gasteiger partial charge in [-0.2, -0.15) is 0 Å². The summed E-state index contributed by atoms with van der Waals surface area (Å²) in [5, 5.41) is 11.4. The number of aliphatic hydroxyl groups is 1. The van der Waals surface area contributed by atoms with Gasteiger partial charge in [-0.1, -0.05) is 12.1 Å². The Morgan fingerprint density at radius 2 is 2.05 bits per heavy atom. The lowest BCUT2D eigenvalue weighted by Crippen LogP contribution is -2.43. The van der Waals surface area contributed by atoms with Crippen LogP contribution in [0.25, 0.3) is 0 Å². The summed E-state index contributed by atoms with van der Waals surface area (Å²) in [4.78, 5) is 15.9. The summed E-state index contributed by atoms with van der Waals surface area (Å²) in [6, 6.07) is 7.79. The number of amides is 1. The summed E-state index contributed by atoms with van der Waals surface area (Å²) in [5.74, 6) is -0.378. The lowest BCUT2D eigenvalue weighted by atomic mass is 10.1. The Morgan fingerprint density at radius 3 is 2.74 bits per heavy atom. The third-order valence-electron chi connectivity index (χ3n) is 3.36. The predicted molar refractivity (Wildman–Crippen MR) is 74.9 cm³/mol. The molecular formula is C14H21N3O2. The van der Waals surface area contributed by atoms with Gasteiger partial charge in [-0.15, -0.1) is 0 Å². The molecule has 5 nitrogen and oxygen atoms in total. The van der Waals surface area contributed by atoms with Gasteiger partial charge in [-0.05, 0) is 24.7 Å². The molecule has 0 radical (unpaired) electrons. The summed E-state index contributed by atoms with van der Waals surface area (Å²) in [7, 11) is 2.14. The van der Waals surface area contributed by atoms with Crippen LogP contribution in [0.15, 0.2) is 24.3 Å². The quantitative estimate of drug-likeness (QED) is 0.824. The highest BCUT2D eigenvalue weighted by molar-refractivity contribution is 5.91. The second-order valence-corrected chi connectivity index (χ2v) is 4.99. The Balaban J connectivity index is 1.93.